The van der Waals surface area contributed by atoms with Gasteiger partial charge in [-0.15, -0.1) is 5.10 Å². The molecule has 0 aliphatic heterocycles. The first-order valence-corrected chi connectivity index (χ1v) is 9.92. The molecule has 1 atom stereocenters. The van der Waals surface area contributed by atoms with Crippen LogP contribution < -0.4 is 0 Å². The molecule has 0 unspecified atom stereocenters. The molecule has 164 valence electrons. The minimum Gasteiger partial charge on any atom is -0.377 e. The molecule has 3 fully saturated rings. The molecular weight excluding hydrogens is 426 g/mol. The largest absolute Gasteiger partial charge is 0.377 e. The molecule has 0 radical (unpaired) electrons. The fourth-order valence-electron chi connectivity index (χ4n) is 5.43. The van der Waals surface area contributed by atoms with Crippen LogP contribution in [0.2, 0.25) is 0 Å². The highest BCUT2D eigenvalue weighted by Crippen LogP contribution is 2.80. The molecule has 1 N–H and O–H groups in total. The van der Waals surface area contributed by atoms with Gasteiger partial charge in [0, 0.05) is 17.0 Å². The number of aliphatic hydroxyl groups is 1. The quantitative estimate of drug-likeness (QED) is 0.590. The second kappa shape index (κ2) is 6.59. The SMILES string of the molecule is N#Cc1ccc(C23CC(C(F)(F)[C@](O)(Cn4cnnn4)c4ccc(F)cc4F)(C2)C3)cc1. The van der Waals surface area contributed by atoms with Gasteiger partial charge in [0.05, 0.1) is 18.2 Å². The van der Waals surface area contributed by atoms with E-state index in [4.69, 9.17) is 5.26 Å². The van der Waals surface area contributed by atoms with E-state index in [9.17, 15) is 13.9 Å². The van der Waals surface area contributed by atoms with E-state index in [-0.39, 0.29) is 19.3 Å². The second-order valence-corrected chi connectivity index (χ2v) is 8.85. The summed E-state index contributed by atoms with van der Waals surface area (Å²) in [6, 6.07) is 11.0. The zero-order valence-electron chi connectivity index (χ0n) is 16.6. The van der Waals surface area contributed by atoms with E-state index >= 15 is 8.78 Å². The highest BCUT2D eigenvalue weighted by molar-refractivity contribution is 5.45. The Hall–Kier alpha value is -3.32. The number of nitriles is 1. The van der Waals surface area contributed by atoms with Crippen molar-refractivity contribution in [3.05, 3.63) is 77.1 Å². The van der Waals surface area contributed by atoms with Crippen molar-refractivity contribution in [3.8, 4) is 6.07 Å². The molecule has 3 aliphatic carbocycles. The van der Waals surface area contributed by atoms with Crippen molar-refractivity contribution in [1.29, 1.82) is 5.26 Å². The zero-order valence-corrected chi connectivity index (χ0v) is 16.6. The molecule has 2 bridgehead atoms. The monoisotopic (exact) mass is 443 g/mol. The lowest BCUT2D eigenvalue weighted by atomic mass is 9.30. The predicted molar refractivity (Wildman–Crippen MR) is 102 cm³/mol. The highest BCUT2D eigenvalue weighted by Gasteiger charge is 2.82. The average Bonchev–Trinajstić information content (AvgIpc) is 3.18. The summed E-state index contributed by atoms with van der Waals surface area (Å²) < 4.78 is 61.1. The number of benzene rings is 2. The van der Waals surface area contributed by atoms with Crippen molar-refractivity contribution in [1.82, 2.24) is 20.2 Å². The van der Waals surface area contributed by atoms with E-state index in [1.54, 1.807) is 24.3 Å². The van der Waals surface area contributed by atoms with Gasteiger partial charge in [-0.3, -0.25) is 0 Å². The maximum absolute atomic E-state index is 16.1. The van der Waals surface area contributed by atoms with E-state index in [0.717, 1.165) is 28.7 Å². The third kappa shape index (κ3) is 2.64. The van der Waals surface area contributed by atoms with Crippen LogP contribution in [-0.2, 0) is 17.6 Å². The first kappa shape index (κ1) is 20.6. The van der Waals surface area contributed by atoms with Crippen LogP contribution in [0.25, 0.3) is 0 Å². The van der Waals surface area contributed by atoms with Crippen LogP contribution in [0.15, 0.2) is 48.8 Å². The summed E-state index contributed by atoms with van der Waals surface area (Å²) in [5.41, 5.74) is -4.40. The van der Waals surface area contributed by atoms with E-state index < -0.39 is 46.1 Å². The molecule has 2 aromatic carbocycles. The normalized spacial score (nSPS) is 25.9. The molecule has 0 spiro atoms. The summed E-state index contributed by atoms with van der Waals surface area (Å²) >= 11 is 0. The van der Waals surface area contributed by atoms with Crippen molar-refractivity contribution in [2.45, 2.75) is 42.7 Å². The lowest BCUT2D eigenvalue weighted by molar-refractivity contribution is -0.347. The average molecular weight is 443 g/mol. The molecule has 6 rings (SSSR count). The van der Waals surface area contributed by atoms with Gasteiger partial charge in [0.2, 0.25) is 0 Å². The van der Waals surface area contributed by atoms with Crippen LogP contribution >= 0.6 is 0 Å². The van der Waals surface area contributed by atoms with Crippen molar-refractivity contribution in [2.75, 3.05) is 0 Å². The number of hydrogen-bond donors (Lipinski definition) is 1. The number of halogens is 4. The maximum atomic E-state index is 16.1. The summed E-state index contributed by atoms with van der Waals surface area (Å²) in [5, 5.41) is 30.6. The molecule has 0 saturated heterocycles. The van der Waals surface area contributed by atoms with Crippen LogP contribution in [0.3, 0.4) is 0 Å². The van der Waals surface area contributed by atoms with E-state index in [2.05, 4.69) is 15.5 Å². The minimum atomic E-state index is -3.76. The van der Waals surface area contributed by atoms with E-state index in [1.807, 2.05) is 6.07 Å². The van der Waals surface area contributed by atoms with Gasteiger partial charge in [0.25, 0.3) is 5.92 Å². The second-order valence-electron chi connectivity index (χ2n) is 8.85. The fraction of sp³-hybridized carbons (Fsp3) is 0.364. The zero-order chi connectivity index (χ0) is 22.8. The Morgan fingerprint density at radius 3 is 2.34 bits per heavy atom. The first-order chi connectivity index (χ1) is 15.1. The molecule has 32 heavy (non-hydrogen) atoms. The van der Waals surface area contributed by atoms with E-state index in [1.165, 1.54) is 0 Å². The van der Waals surface area contributed by atoms with Gasteiger partial charge in [-0.1, -0.05) is 12.1 Å². The van der Waals surface area contributed by atoms with Crippen LogP contribution in [0.1, 0.15) is 36.0 Å². The van der Waals surface area contributed by atoms with Crippen LogP contribution in [0.4, 0.5) is 17.6 Å². The Balaban J connectivity index is 1.50. The van der Waals surface area contributed by atoms with Gasteiger partial charge in [-0.05, 0) is 64.9 Å². The Morgan fingerprint density at radius 1 is 1.09 bits per heavy atom. The third-order valence-electron chi connectivity index (χ3n) is 7.00. The number of alkyl halides is 2. The summed E-state index contributed by atoms with van der Waals surface area (Å²) in [4.78, 5) is 0. The van der Waals surface area contributed by atoms with Gasteiger partial charge < -0.3 is 5.11 Å². The lowest BCUT2D eigenvalue weighted by Gasteiger charge is -2.74. The minimum absolute atomic E-state index is 0.0969. The van der Waals surface area contributed by atoms with Crippen molar-refractivity contribution < 1.29 is 22.7 Å². The van der Waals surface area contributed by atoms with Gasteiger partial charge in [-0.2, -0.15) is 5.26 Å². The third-order valence-corrected chi connectivity index (χ3v) is 7.00. The lowest BCUT2D eigenvalue weighted by Crippen LogP contribution is -2.76. The predicted octanol–water partition coefficient (Wildman–Crippen LogP) is 3.47. The van der Waals surface area contributed by atoms with Crippen LogP contribution in [-0.4, -0.2) is 31.2 Å². The van der Waals surface area contributed by atoms with Crippen LogP contribution in [0.5, 0.6) is 0 Å². The topological polar surface area (TPSA) is 87.6 Å². The molecule has 1 aromatic heterocycles. The molecule has 10 heteroatoms. The number of hydrogen-bond acceptors (Lipinski definition) is 5. The number of tetrazole rings is 1. The Labute approximate surface area is 180 Å². The van der Waals surface area contributed by atoms with E-state index in [0.29, 0.717) is 11.6 Å². The summed E-state index contributed by atoms with van der Waals surface area (Å²) in [5.74, 6) is -5.97. The number of nitrogens with zero attached hydrogens (tertiary/aromatic N) is 5. The molecule has 6 nitrogen and oxygen atoms in total. The van der Waals surface area contributed by atoms with Gasteiger partial charge >= 0.3 is 0 Å². The highest BCUT2D eigenvalue weighted by atomic mass is 19.3. The molecule has 1 heterocycles. The van der Waals surface area contributed by atoms with Gasteiger partial charge in [0.1, 0.15) is 18.0 Å². The smallest absolute Gasteiger partial charge is 0.287 e. The number of rotatable bonds is 6. The summed E-state index contributed by atoms with van der Waals surface area (Å²) in [7, 11) is 0. The first-order valence-electron chi connectivity index (χ1n) is 9.92. The van der Waals surface area contributed by atoms with Crippen molar-refractivity contribution in [3.63, 3.8) is 0 Å². The maximum Gasteiger partial charge on any atom is 0.287 e. The summed E-state index contributed by atoms with van der Waals surface area (Å²) in [6.07, 6.45) is 1.33. The Kier molecular flexibility index (Phi) is 4.24. The van der Waals surface area contributed by atoms with Crippen molar-refractivity contribution >= 4 is 0 Å². The fourth-order valence-corrected chi connectivity index (χ4v) is 5.43. The van der Waals surface area contributed by atoms with Crippen molar-refractivity contribution in [2.24, 2.45) is 5.41 Å². The molecule has 3 aliphatic rings. The Bertz CT molecular complexity index is 1200. The molecule has 0 amide bonds. The molecular formula is C22H17F4N5O. The summed E-state index contributed by atoms with van der Waals surface area (Å²) in [6.45, 7) is -0.804. The van der Waals surface area contributed by atoms with Gasteiger partial charge in [0.15, 0.2) is 5.60 Å². The Morgan fingerprint density at radius 2 is 1.78 bits per heavy atom. The standard InChI is InChI=1S/C22H17F4N5O/c23-16-5-6-17(18(24)7-16)21(32,12-31-13-28-29-30-31)22(25,26)20-9-19(10-20,11-20)15-3-1-14(8-27)2-4-15/h1-7,13,32H,9-12H2/t19?,20?,21-/m0/s1. The van der Waals surface area contributed by atoms with Gasteiger partial charge in [-0.25, -0.2) is 22.2 Å². The molecule has 3 aromatic rings. The molecule has 3 saturated carbocycles. The van der Waals surface area contributed by atoms with Crippen LogP contribution in [0, 0.1) is 28.4 Å². The number of aromatic nitrogens is 4.